The first-order chi connectivity index (χ1) is 9.44. The number of aliphatic hydroxyl groups is 1. The lowest BCUT2D eigenvalue weighted by atomic mass is 9.66. The Bertz CT molecular complexity index is 456. The van der Waals surface area contributed by atoms with Crippen LogP contribution in [-0.4, -0.2) is 18.3 Å². The maximum absolute atomic E-state index is 13.7. The molecular weight excluding hydrogens is 255 g/mol. The number of methoxy groups -OCH3 is 1. The summed E-state index contributed by atoms with van der Waals surface area (Å²) in [5.41, 5.74) is 1.00. The fraction of sp³-hybridized carbons (Fsp3) is 0.647. The number of benzene rings is 1. The highest BCUT2D eigenvalue weighted by Gasteiger charge is 2.36. The minimum atomic E-state index is -0.405. The van der Waals surface area contributed by atoms with Gasteiger partial charge >= 0.3 is 0 Å². The molecule has 112 valence electrons. The van der Waals surface area contributed by atoms with Gasteiger partial charge in [0.15, 0.2) is 11.6 Å². The maximum Gasteiger partial charge on any atom is 0.165 e. The Labute approximate surface area is 121 Å². The minimum Gasteiger partial charge on any atom is -0.494 e. The molecule has 0 aliphatic heterocycles. The monoisotopic (exact) mass is 280 g/mol. The molecule has 1 saturated carbocycles. The van der Waals surface area contributed by atoms with Crippen LogP contribution in [0.1, 0.15) is 45.1 Å². The lowest BCUT2D eigenvalue weighted by Gasteiger charge is -2.41. The molecule has 1 aliphatic carbocycles. The van der Waals surface area contributed by atoms with E-state index in [2.05, 4.69) is 13.8 Å². The molecule has 0 bridgehead atoms. The fourth-order valence-electron chi connectivity index (χ4n) is 3.45. The van der Waals surface area contributed by atoms with Crippen LogP contribution >= 0.6 is 0 Å². The van der Waals surface area contributed by atoms with Crippen LogP contribution in [0.15, 0.2) is 18.2 Å². The van der Waals surface area contributed by atoms with E-state index in [1.807, 2.05) is 6.07 Å². The Balaban J connectivity index is 2.07. The highest BCUT2D eigenvalue weighted by atomic mass is 19.1. The van der Waals surface area contributed by atoms with Crippen molar-refractivity contribution in [1.29, 1.82) is 0 Å². The van der Waals surface area contributed by atoms with Crippen LogP contribution in [0.25, 0.3) is 0 Å². The van der Waals surface area contributed by atoms with E-state index in [1.54, 1.807) is 6.07 Å². The first kappa shape index (κ1) is 15.3. The number of ether oxygens (including phenoxy) is 1. The number of halogens is 1. The molecule has 1 fully saturated rings. The average molecular weight is 280 g/mol. The van der Waals surface area contributed by atoms with Gasteiger partial charge < -0.3 is 9.84 Å². The molecule has 0 spiro atoms. The van der Waals surface area contributed by atoms with E-state index < -0.39 is 6.10 Å². The van der Waals surface area contributed by atoms with E-state index in [1.165, 1.54) is 26.0 Å². The lowest BCUT2D eigenvalue weighted by Crippen LogP contribution is -2.37. The van der Waals surface area contributed by atoms with Gasteiger partial charge in [-0.2, -0.15) is 0 Å². The highest BCUT2D eigenvalue weighted by molar-refractivity contribution is 5.29. The summed E-state index contributed by atoms with van der Waals surface area (Å²) in [5, 5.41) is 10.5. The van der Waals surface area contributed by atoms with Crippen molar-refractivity contribution >= 4 is 0 Å². The molecule has 0 saturated heterocycles. The van der Waals surface area contributed by atoms with E-state index in [4.69, 9.17) is 4.74 Å². The third-order valence-electron chi connectivity index (χ3n) is 4.72. The van der Waals surface area contributed by atoms with Crippen LogP contribution in [0, 0.1) is 17.2 Å². The van der Waals surface area contributed by atoms with Crippen LogP contribution in [0.5, 0.6) is 5.75 Å². The number of hydrogen-bond acceptors (Lipinski definition) is 2. The van der Waals surface area contributed by atoms with E-state index in [0.29, 0.717) is 12.3 Å². The Kier molecular flexibility index (Phi) is 4.69. The van der Waals surface area contributed by atoms with E-state index >= 15 is 0 Å². The van der Waals surface area contributed by atoms with Crippen molar-refractivity contribution in [3.05, 3.63) is 29.6 Å². The summed E-state index contributed by atoms with van der Waals surface area (Å²) in [5.74, 6) is 0.183. The zero-order valence-electron chi connectivity index (χ0n) is 12.7. The fourth-order valence-corrected chi connectivity index (χ4v) is 3.45. The summed E-state index contributed by atoms with van der Waals surface area (Å²) in [7, 11) is 1.46. The molecule has 1 aliphatic rings. The average Bonchev–Trinajstić information content (AvgIpc) is 2.38. The molecule has 1 N–H and O–H groups in total. The molecule has 0 amide bonds. The van der Waals surface area contributed by atoms with Crippen molar-refractivity contribution in [2.24, 2.45) is 11.3 Å². The summed E-state index contributed by atoms with van der Waals surface area (Å²) in [4.78, 5) is 0. The van der Waals surface area contributed by atoms with Crippen molar-refractivity contribution in [2.75, 3.05) is 7.11 Å². The molecular formula is C17H25FO2. The zero-order valence-corrected chi connectivity index (χ0v) is 12.7. The van der Waals surface area contributed by atoms with Crippen LogP contribution in [-0.2, 0) is 6.42 Å². The molecule has 0 radical (unpaired) electrons. The van der Waals surface area contributed by atoms with E-state index in [9.17, 15) is 9.50 Å². The second-order valence-corrected chi connectivity index (χ2v) is 6.58. The topological polar surface area (TPSA) is 29.5 Å². The third-order valence-corrected chi connectivity index (χ3v) is 4.72. The maximum atomic E-state index is 13.7. The second kappa shape index (κ2) is 6.13. The van der Waals surface area contributed by atoms with Crippen LogP contribution < -0.4 is 4.74 Å². The van der Waals surface area contributed by atoms with Crippen molar-refractivity contribution < 1.29 is 14.2 Å². The Morgan fingerprint density at radius 3 is 2.75 bits per heavy atom. The largest absolute Gasteiger partial charge is 0.494 e. The predicted octanol–water partition coefficient (Wildman–Crippen LogP) is 3.95. The molecule has 1 aromatic rings. The van der Waals surface area contributed by atoms with Gasteiger partial charge in [0.05, 0.1) is 13.2 Å². The molecule has 3 heteroatoms. The highest BCUT2D eigenvalue weighted by Crippen LogP contribution is 2.43. The normalized spacial score (nSPS) is 23.4. The van der Waals surface area contributed by atoms with Gasteiger partial charge in [-0.15, -0.1) is 0 Å². The molecule has 2 unspecified atom stereocenters. The van der Waals surface area contributed by atoms with Crippen molar-refractivity contribution in [3.63, 3.8) is 0 Å². The molecule has 2 rings (SSSR count). The summed E-state index contributed by atoms with van der Waals surface area (Å²) in [6.07, 6.45) is 4.75. The minimum absolute atomic E-state index is 0.169. The molecule has 20 heavy (non-hydrogen) atoms. The summed E-state index contributed by atoms with van der Waals surface area (Å²) in [6.45, 7) is 4.46. The predicted molar refractivity (Wildman–Crippen MR) is 78.4 cm³/mol. The van der Waals surface area contributed by atoms with Gasteiger partial charge in [0.1, 0.15) is 0 Å². The standard InChI is InChI=1S/C17H25FO2/c1-17(2)9-5-4-6-13(17)15(19)11-12-7-8-16(20-3)14(18)10-12/h7-8,10,13,15,19H,4-6,9,11H2,1-3H3. The van der Waals surface area contributed by atoms with Gasteiger partial charge in [0.25, 0.3) is 0 Å². The lowest BCUT2D eigenvalue weighted by molar-refractivity contribution is 0.00577. The number of aliphatic hydroxyl groups excluding tert-OH is 1. The van der Waals surface area contributed by atoms with Gasteiger partial charge in [-0.3, -0.25) is 0 Å². The second-order valence-electron chi connectivity index (χ2n) is 6.58. The Hall–Kier alpha value is -1.09. The van der Waals surface area contributed by atoms with Gasteiger partial charge in [0.2, 0.25) is 0 Å². The van der Waals surface area contributed by atoms with Gasteiger partial charge in [-0.1, -0.05) is 32.8 Å². The van der Waals surface area contributed by atoms with Gasteiger partial charge in [-0.05, 0) is 48.3 Å². The molecule has 2 atom stereocenters. The smallest absolute Gasteiger partial charge is 0.165 e. The molecule has 1 aromatic carbocycles. The number of rotatable bonds is 4. The third kappa shape index (κ3) is 3.32. The van der Waals surface area contributed by atoms with Gasteiger partial charge in [0, 0.05) is 0 Å². The molecule has 2 nitrogen and oxygen atoms in total. The van der Waals surface area contributed by atoms with Crippen LogP contribution in [0.2, 0.25) is 0 Å². The Morgan fingerprint density at radius 1 is 1.40 bits per heavy atom. The van der Waals surface area contributed by atoms with Crippen LogP contribution in [0.4, 0.5) is 4.39 Å². The first-order valence-electron chi connectivity index (χ1n) is 7.44. The van der Waals surface area contributed by atoms with E-state index in [0.717, 1.165) is 18.4 Å². The van der Waals surface area contributed by atoms with E-state index in [-0.39, 0.29) is 17.0 Å². The van der Waals surface area contributed by atoms with Crippen molar-refractivity contribution in [2.45, 2.75) is 52.1 Å². The van der Waals surface area contributed by atoms with Crippen molar-refractivity contribution in [3.8, 4) is 5.75 Å². The first-order valence-corrected chi connectivity index (χ1v) is 7.44. The summed E-state index contributed by atoms with van der Waals surface area (Å²) < 4.78 is 18.6. The number of hydrogen-bond donors (Lipinski definition) is 1. The summed E-state index contributed by atoms with van der Waals surface area (Å²) in [6, 6.07) is 4.93. The zero-order chi connectivity index (χ0) is 14.8. The molecule has 0 aromatic heterocycles. The summed E-state index contributed by atoms with van der Waals surface area (Å²) >= 11 is 0. The van der Waals surface area contributed by atoms with Gasteiger partial charge in [-0.25, -0.2) is 4.39 Å². The Morgan fingerprint density at radius 2 is 2.15 bits per heavy atom. The molecule has 0 heterocycles. The quantitative estimate of drug-likeness (QED) is 0.904. The SMILES string of the molecule is COc1ccc(CC(O)C2CCCCC2(C)C)cc1F. The van der Waals surface area contributed by atoms with Crippen LogP contribution in [0.3, 0.4) is 0 Å². The van der Waals surface area contributed by atoms with Crippen molar-refractivity contribution in [1.82, 2.24) is 0 Å².